The summed E-state index contributed by atoms with van der Waals surface area (Å²) >= 11 is 0. The lowest BCUT2D eigenvalue weighted by atomic mass is 10.0. The Labute approximate surface area is 125 Å². The minimum absolute atomic E-state index is 0.0421. The fourth-order valence-electron chi connectivity index (χ4n) is 2.74. The minimum Gasteiger partial charge on any atom is -0.338 e. The number of urea groups is 1. The largest absolute Gasteiger partial charge is 0.338 e. The van der Waals surface area contributed by atoms with E-state index >= 15 is 0 Å². The highest BCUT2D eigenvalue weighted by atomic mass is 16.2. The van der Waals surface area contributed by atoms with Gasteiger partial charge in [-0.1, -0.05) is 54.6 Å². The van der Waals surface area contributed by atoms with Crippen LogP contribution in [0.3, 0.4) is 0 Å². The molecule has 0 spiro atoms. The van der Waals surface area contributed by atoms with Crippen molar-refractivity contribution in [3.05, 3.63) is 71.3 Å². The zero-order valence-electron chi connectivity index (χ0n) is 12.1. The molecule has 0 bridgehead atoms. The molecule has 1 heterocycles. The minimum atomic E-state index is 0.0421. The lowest BCUT2D eigenvalue weighted by Crippen LogP contribution is -2.43. The quantitative estimate of drug-likeness (QED) is 0.921. The number of amides is 2. The lowest BCUT2D eigenvalue weighted by Gasteiger charge is -2.29. The first kappa shape index (κ1) is 13.7. The lowest BCUT2D eigenvalue weighted by molar-refractivity contribution is 0.192. The Morgan fingerprint density at radius 3 is 2.52 bits per heavy atom. The Morgan fingerprint density at radius 2 is 1.71 bits per heavy atom. The van der Waals surface area contributed by atoms with Crippen LogP contribution in [0, 0.1) is 0 Å². The smallest absolute Gasteiger partial charge is 0.317 e. The van der Waals surface area contributed by atoms with Gasteiger partial charge in [0.1, 0.15) is 0 Å². The van der Waals surface area contributed by atoms with Crippen molar-refractivity contribution in [1.29, 1.82) is 0 Å². The number of hydrogen-bond acceptors (Lipinski definition) is 1. The van der Waals surface area contributed by atoms with E-state index in [1.807, 2.05) is 29.2 Å². The van der Waals surface area contributed by atoms with Crippen LogP contribution >= 0.6 is 0 Å². The predicted molar refractivity (Wildman–Crippen MR) is 84.1 cm³/mol. The molecule has 0 saturated heterocycles. The molecule has 2 aromatic rings. The average Bonchev–Trinajstić information content (AvgIpc) is 2.55. The van der Waals surface area contributed by atoms with E-state index in [-0.39, 0.29) is 6.03 Å². The van der Waals surface area contributed by atoms with Crippen molar-refractivity contribution in [3.63, 3.8) is 0 Å². The van der Waals surface area contributed by atoms with Crippen molar-refractivity contribution < 1.29 is 4.79 Å². The molecule has 2 amide bonds. The maximum atomic E-state index is 12.2. The van der Waals surface area contributed by atoms with Crippen LogP contribution in [0.25, 0.3) is 0 Å². The number of carbonyl (C=O) groups excluding carboxylic acids is 1. The Kier molecular flexibility index (Phi) is 4.20. The molecule has 3 heteroatoms. The number of fused-ring (bicyclic) bond motifs is 1. The fraction of sp³-hybridized carbons (Fsp3) is 0.278. The van der Waals surface area contributed by atoms with Crippen LogP contribution in [0.5, 0.6) is 0 Å². The van der Waals surface area contributed by atoms with Gasteiger partial charge in [0.15, 0.2) is 0 Å². The summed E-state index contributed by atoms with van der Waals surface area (Å²) in [7, 11) is 0. The van der Waals surface area contributed by atoms with E-state index in [1.165, 1.54) is 16.7 Å². The van der Waals surface area contributed by atoms with Gasteiger partial charge in [0, 0.05) is 19.6 Å². The Hall–Kier alpha value is -2.29. The normalized spacial score (nSPS) is 13.6. The first-order chi connectivity index (χ1) is 10.3. The first-order valence-corrected chi connectivity index (χ1v) is 7.46. The molecule has 1 N–H and O–H groups in total. The topological polar surface area (TPSA) is 32.3 Å². The van der Waals surface area contributed by atoms with Crippen molar-refractivity contribution in [1.82, 2.24) is 10.2 Å². The van der Waals surface area contributed by atoms with Gasteiger partial charge in [0.05, 0.1) is 0 Å². The van der Waals surface area contributed by atoms with Gasteiger partial charge in [-0.05, 0) is 29.5 Å². The van der Waals surface area contributed by atoms with E-state index in [0.717, 1.165) is 19.4 Å². The second-order valence-corrected chi connectivity index (χ2v) is 5.41. The summed E-state index contributed by atoms with van der Waals surface area (Å²) in [6.45, 7) is 2.20. The molecule has 108 valence electrons. The van der Waals surface area contributed by atoms with Crippen molar-refractivity contribution in [2.24, 2.45) is 0 Å². The van der Waals surface area contributed by atoms with E-state index < -0.39 is 0 Å². The summed E-state index contributed by atoms with van der Waals surface area (Å²) in [5.41, 5.74) is 3.88. The fourth-order valence-corrected chi connectivity index (χ4v) is 2.74. The summed E-state index contributed by atoms with van der Waals surface area (Å²) < 4.78 is 0. The molecule has 21 heavy (non-hydrogen) atoms. The van der Waals surface area contributed by atoms with E-state index in [9.17, 15) is 4.79 Å². The van der Waals surface area contributed by atoms with Gasteiger partial charge < -0.3 is 10.2 Å². The molecule has 0 unspecified atom stereocenters. The second kappa shape index (κ2) is 6.44. The number of nitrogens with one attached hydrogen (secondary N) is 1. The molecular formula is C18H20N2O. The van der Waals surface area contributed by atoms with Gasteiger partial charge in [-0.2, -0.15) is 0 Å². The van der Waals surface area contributed by atoms with Crippen molar-refractivity contribution in [2.75, 3.05) is 13.1 Å². The number of nitrogens with zero attached hydrogens (tertiary/aromatic N) is 1. The molecular weight excluding hydrogens is 260 g/mol. The van der Waals surface area contributed by atoms with Crippen LogP contribution < -0.4 is 5.32 Å². The molecule has 0 aromatic heterocycles. The molecule has 0 fully saturated rings. The van der Waals surface area contributed by atoms with Gasteiger partial charge in [-0.25, -0.2) is 4.79 Å². The zero-order chi connectivity index (χ0) is 14.5. The average molecular weight is 280 g/mol. The van der Waals surface area contributed by atoms with Crippen LogP contribution in [-0.4, -0.2) is 24.0 Å². The van der Waals surface area contributed by atoms with Crippen molar-refractivity contribution >= 4 is 6.03 Å². The third kappa shape index (κ3) is 3.43. The maximum absolute atomic E-state index is 12.2. The molecule has 2 aromatic carbocycles. The molecule has 0 atom stereocenters. The molecule has 3 nitrogen and oxygen atoms in total. The van der Waals surface area contributed by atoms with E-state index in [1.54, 1.807) is 0 Å². The Morgan fingerprint density at radius 1 is 1.00 bits per heavy atom. The summed E-state index contributed by atoms with van der Waals surface area (Å²) in [4.78, 5) is 14.1. The Balaban J connectivity index is 1.50. The number of hydrogen-bond donors (Lipinski definition) is 1. The van der Waals surface area contributed by atoms with Gasteiger partial charge in [-0.3, -0.25) is 0 Å². The van der Waals surface area contributed by atoms with Crippen LogP contribution in [-0.2, 0) is 19.4 Å². The van der Waals surface area contributed by atoms with E-state index in [4.69, 9.17) is 0 Å². The molecule has 1 aliphatic rings. The zero-order valence-corrected chi connectivity index (χ0v) is 12.1. The third-order valence-corrected chi connectivity index (χ3v) is 3.95. The third-order valence-electron chi connectivity index (χ3n) is 3.95. The molecule has 1 aliphatic heterocycles. The highest BCUT2D eigenvalue weighted by Crippen LogP contribution is 2.18. The number of benzene rings is 2. The Bertz CT molecular complexity index is 610. The van der Waals surface area contributed by atoms with Gasteiger partial charge in [0.25, 0.3) is 0 Å². The number of rotatable bonds is 3. The molecule has 3 rings (SSSR count). The van der Waals surface area contributed by atoms with Crippen molar-refractivity contribution in [2.45, 2.75) is 19.4 Å². The van der Waals surface area contributed by atoms with Crippen LogP contribution in [0.2, 0.25) is 0 Å². The van der Waals surface area contributed by atoms with Crippen LogP contribution in [0.1, 0.15) is 16.7 Å². The van der Waals surface area contributed by atoms with Crippen LogP contribution in [0.4, 0.5) is 4.79 Å². The van der Waals surface area contributed by atoms with E-state index in [2.05, 4.69) is 35.6 Å². The molecule has 0 aliphatic carbocycles. The van der Waals surface area contributed by atoms with Crippen molar-refractivity contribution in [3.8, 4) is 0 Å². The molecule has 0 radical (unpaired) electrons. The first-order valence-electron chi connectivity index (χ1n) is 7.46. The molecule has 0 saturated carbocycles. The summed E-state index contributed by atoms with van der Waals surface area (Å²) in [6, 6.07) is 18.6. The standard InChI is InChI=1S/C18H20N2O/c21-18(19-12-10-15-6-2-1-3-7-15)20-13-11-16-8-4-5-9-17(16)14-20/h1-9H,10-14H2,(H,19,21). The highest BCUT2D eigenvalue weighted by molar-refractivity contribution is 5.74. The van der Waals surface area contributed by atoms with Gasteiger partial charge >= 0.3 is 6.03 Å². The monoisotopic (exact) mass is 280 g/mol. The predicted octanol–water partition coefficient (Wildman–Crippen LogP) is 3.00. The summed E-state index contributed by atoms with van der Waals surface area (Å²) in [5, 5.41) is 3.02. The number of carbonyl (C=O) groups is 1. The summed E-state index contributed by atoms with van der Waals surface area (Å²) in [5.74, 6) is 0. The van der Waals surface area contributed by atoms with Gasteiger partial charge in [-0.15, -0.1) is 0 Å². The second-order valence-electron chi connectivity index (χ2n) is 5.41. The maximum Gasteiger partial charge on any atom is 0.317 e. The van der Waals surface area contributed by atoms with Crippen LogP contribution in [0.15, 0.2) is 54.6 Å². The van der Waals surface area contributed by atoms with Gasteiger partial charge in [0.2, 0.25) is 0 Å². The van der Waals surface area contributed by atoms with E-state index in [0.29, 0.717) is 13.1 Å². The SMILES string of the molecule is O=C(NCCc1ccccc1)N1CCc2ccccc2C1. The summed E-state index contributed by atoms with van der Waals surface area (Å²) in [6.07, 6.45) is 1.82. The highest BCUT2D eigenvalue weighted by Gasteiger charge is 2.19.